The van der Waals surface area contributed by atoms with Crippen molar-refractivity contribution in [2.24, 2.45) is 10.9 Å². The summed E-state index contributed by atoms with van der Waals surface area (Å²) in [7, 11) is 1.57. The molecule has 1 rings (SSSR count). The van der Waals surface area contributed by atoms with E-state index in [2.05, 4.69) is 15.5 Å². The summed E-state index contributed by atoms with van der Waals surface area (Å²) in [6, 6.07) is 3.50. The second-order valence-electron chi connectivity index (χ2n) is 3.33. The first-order valence-corrected chi connectivity index (χ1v) is 4.87. The number of methoxy groups -OCH3 is 1. The molecule has 6 nitrogen and oxygen atoms in total. The van der Waals surface area contributed by atoms with Gasteiger partial charge in [0.05, 0.1) is 13.2 Å². The van der Waals surface area contributed by atoms with Crippen molar-refractivity contribution >= 4 is 5.84 Å². The van der Waals surface area contributed by atoms with Gasteiger partial charge in [-0.15, -0.1) is 0 Å². The minimum absolute atomic E-state index is 0.154. The van der Waals surface area contributed by atoms with Gasteiger partial charge in [-0.05, 0) is 18.6 Å². The van der Waals surface area contributed by atoms with E-state index in [0.29, 0.717) is 12.4 Å². The normalized spacial score (nSPS) is 13.5. The van der Waals surface area contributed by atoms with Gasteiger partial charge in [0.1, 0.15) is 0 Å². The van der Waals surface area contributed by atoms with Crippen molar-refractivity contribution in [3.63, 3.8) is 0 Å². The molecule has 0 amide bonds. The Morgan fingerprint density at radius 1 is 1.75 bits per heavy atom. The van der Waals surface area contributed by atoms with E-state index in [1.165, 1.54) is 0 Å². The minimum atomic E-state index is -0.191. The maximum atomic E-state index is 8.48. The lowest BCUT2D eigenvalue weighted by molar-refractivity contribution is 0.315. The van der Waals surface area contributed by atoms with E-state index in [1.807, 2.05) is 19.1 Å². The largest absolute Gasteiger partial charge is 0.481 e. The quantitative estimate of drug-likeness (QED) is 0.290. The van der Waals surface area contributed by atoms with Crippen LogP contribution in [0.25, 0.3) is 0 Å². The zero-order valence-electron chi connectivity index (χ0n) is 9.34. The highest BCUT2D eigenvalue weighted by Crippen LogP contribution is 2.08. The van der Waals surface area contributed by atoms with Gasteiger partial charge in [-0.2, -0.15) is 0 Å². The Morgan fingerprint density at radius 2 is 2.50 bits per heavy atom. The average molecular weight is 224 g/mol. The maximum Gasteiger partial charge on any atom is 0.213 e. The number of rotatable bonds is 5. The lowest BCUT2D eigenvalue weighted by Crippen LogP contribution is -2.38. The molecule has 6 heteroatoms. The molecule has 88 valence electrons. The Kier molecular flexibility index (Phi) is 4.53. The van der Waals surface area contributed by atoms with Crippen molar-refractivity contribution < 1.29 is 9.94 Å². The number of nitrogens with two attached hydrogens (primary N) is 1. The Hall–Kier alpha value is -1.82. The van der Waals surface area contributed by atoms with E-state index in [-0.39, 0.29) is 11.9 Å². The molecule has 0 aliphatic rings. The highest BCUT2D eigenvalue weighted by atomic mass is 16.5. The second-order valence-corrected chi connectivity index (χ2v) is 3.33. The fraction of sp³-hybridized carbons (Fsp3) is 0.400. The molecule has 0 aromatic carbocycles. The van der Waals surface area contributed by atoms with Crippen molar-refractivity contribution in [3.05, 3.63) is 23.9 Å². The summed E-state index contributed by atoms with van der Waals surface area (Å²) >= 11 is 0. The van der Waals surface area contributed by atoms with E-state index < -0.39 is 0 Å². The number of oxime groups is 1. The molecule has 4 N–H and O–H groups in total. The number of nitrogens with zero attached hydrogens (tertiary/aromatic N) is 2. The number of hydrogen-bond donors (Lipinski definition) is 3. The van der Waals surface area contributed by atoms with Gasteiger partial charge in [-0.3, -0.25) is 0 Å². The van der Waals surface area contributed by atoms with Crippen LogP contribution in [0.1, 0.15) is 12.5 Å². The molecule has 16 heavy (non-hydrogen) atoms. The van der Waals surface area contributed by atoms with E-state index in [9.17, 15) is 0 Å². The van der Waals surface area contributed by atoms with Gasteiger partial charge in [0, 0.05) is 18.8 Å². The molecule has 0 aliphatic carbocycles. The topological polar surface area (TPSA) is 92.8 Å². The van der Waals surface area contributed by atoms with Crippen molar-refractivity contribution in [3.8, 4) is 5.88 Å². The SMILES string of the molecule is COc1cc(CNC(C)C(N)=NO)ccn1. The first-order chi connectivity index (χ1) is 7.67. The monoisotopic (exact) mass is 224 g/mol. The van der Waals surface area contributed by atoms with Gasteiger partial charge >= 0.3 is 0 Å². The summed E-state index contributed by atoms with van der Waals surface area (Å²) in [6.07, 6.45) is 1.67. The molecule has 0 fully saturated rings. The van der Waals surface area contributed by atoms with Crippen molar-refractivity contribution in [1.82, 2.24) is 10.3 Å². The number of amidine groups is 1. The maximum absolute atomic E-state index is 8.48. The molecular formula is C10H16N4O2. The van der Waals surface area contributed by atoms with E-state index in [0.717, 1.165) is 5.56 Å². The number of hydrogen-bond acceptors (Lipinski definition) is 5. The third-order valence-corrected chi connectivity index (χ3v) is 2.18. The zero-order valence-corrected chi connectivity index (χ0v) is 9.34. The fourth-order valence-corrected chi connectivity index (χ4v) is 1.13. The highest BCUT2D eigenvalue weighted by molar-refractivity contribution is 5.84. The third kappa shape index (κ3) is 3.39. The number of nitrogens with one attached hydrogen (secondary N) is 1. The smallest absolute Gasteiger partial charge is 0.213 e. The van der Waals surface area contributed by atoms with E-state index in [4.69, 9.17) is 15.7 Å². The van der Waals surface area contributed by atoms with Gasteiger partial charge in [0.15, 0.2) is 5.84 Å². The standard InChI is InChI=1S/C10H16N4O2/c1-7(10(11)14-15)13-6-8-3-4-12-9(5-8)16-2/h3-5,7,13,15H,6H2,1-2H3,(H2,11,14). The predicted molar refractivity (Wildman–Crippen MR) is 60.5 cm³/mol. The van der Waals surface area contributed by atoms with Crippen LogP contribution in [0.2, 0.25) is 0 Å². The van der Waals surface area contributed by atoms with Gasteiger partial charge < -0.3 is 21.0 Å². The summed E-state index contributed by atoms with van der Waals surface area (Å²) in [5.41, 5.74) is 6.46. The number of ether oxygens (including phenoxy) is 1. The molecule has 0 saturated heterocycles. The van der Waals surface area contributed by atoms with Crippen LogP contribution in [0, 0.1) is 0 Å². The summed E-state index contributed by atoms with van der Waals surface area (Å²) < 4.78 is 5.00. The Labute approximate surface area is 94.1 Å². The zero-order chi connectivity index (χ0) is 12.0. The molecule has 1 aromatic heterocycles. The highest BCUT2D eigenvalue weighted by Gasteiger charge is 2.06. The van der Waals surface area contributed by atoms with Crippen LogP contribution < -0.4 is 15.8 Å². The molecule has 1 aromatic rings. The molecule has 1 atom stereocenters. The first-order valence-electron chi connectivity index (χ1n) is 4.87. The number of pyridine rings is 1. The van der Waals surface area contributed by atoms with Gasteiger partial charge in [0.25, 0.3) is 0 Å². The molecular weight excluding hydrogens is 208 g/mol. The second kappa shape index (κ2) is 5.92. The van der Waals surface area contributed by atoms with Crippen molar-refractivity contribution in [2.45, 2.75) is 19.5 Å². The van der Waals surface area contributed by atoms with Crippen LogP contribution in [0.15, 0.2) is 23.5 Å². The molecule has 0 aliphatic heterocycles. The van der Waals surface area contributed by atoms with Gasteiger partial charge in [-0.25, -0.2) is 4.98 Å². The summed E-state index contributed by atoms with van der Waals surface area (Å²) in [5.74, 6) is 0.719. The van der Waals surface area contributed by atoms with Crippen LogP contribution in [0.5, 0.6) is 5.88 Å². The molecule has 0 bridgehead atoms. The molecule has 1 heterocycles. The third-order valence-electron chi connectivity index (χ3n) is 2.18. The first kappa shape index (κ1) is 12.3. The lowest BCUT2D eigenvalue weighted by atomic mass is 10.2. The van der Waals surface area contributed by atoms with Crippen LogP contribution in [0.4, 0.5) is 0 Å². The van der Waals surface area contributed by atoms with Crippen LogP contribution in [-0.2, 0) is 6.54 Å². The van der Waals surface area contributed by atoms with E-state index in [1.54, 1.807) is 13.3 Å². The van der Waals surface area contributed by atoms with Crippen LogP contribution >= 0.6 is 0 Å². The minimum Gasteiger partial charge on any atom is -0.481 e. The van der Waals surface area contributed by atoms with Crippen molar-refractivity contribution in [2.75, 3.05) is 7.11 Å². The Morgan fingerprint density at radius 3 is 3.12 bits per heavy atom. The van der Waals surface area contributed by atoms with Crippen LogP contribution in [0.3, 0.4) is 0 Å². The molecule has 0 saturated carbocycles. The molecule has 1 unspecified atom stereocenters. The average Bonchev–Trinajstić information content (AvgIpc) is 2.35. The summed E-state index contributed by atoms with van der Waals surface area (Å²) in [4.78, 5) is 4.00. The summed E-state index contributed by atoms with van der Waals surface area (Å²) in [6.45, 7) is 2.41. The van der Waals surface area contributed by atoms with Gasteiger partial charge in [0.2, 0.25) is 5.88 Å². The lowest BCUT2D eigenvalue weighted by Gasteiger charge is -2.12. The number of aromatic nitrogens is 1. The summed E-state index contributed by atoms with van der Waals surface area (Å²) in [5, 5.41) is 14.5. The Balaban J connectivity index is 2.54. The predicted octanol–water partition coefficient (Wildman–Crippen LogP) is 0.315. The molecule has 0 spiro atoms. The molecule has 0 radical (unpaired) electrons. The van der Waals surface area contributed by atoms with Crippen LogP contribution in [-0.4, -0.2) is 29.2 Å². The van der Waals surface area contributed by atoms with Gasteiger partial charge in [-0.1, -0.05) is 5.16 Å². The fourth-order valence-electron chi connectivity index (χ4n) is 1.13. The Bertz CT molecular complexity index is 368. The van der Waals surface area contributed by atoms with E-state index >= 15 is 0 Å². The van der Waals surface area contributed by atoms with Crippen molar-refractivity contribution in [1.29, 1.82) is 0 Å².